The molecule has 2 saturated carbocycles. The summed E-state index contributed by atoms with van der Waals surface area (Å²) in [4.78, 5) is 27.2. The highest BCUT2D eigenvalue weighted by Gasteiger charge is 2.69. The summed E-state index contributed by atoms with van der Waals surface area (Å²) in [5, 5.41) is 5.43. The molecule has 6 nitrogen and oxygen atoms in total. The van der Waals surface area contributed by atoms with Crippen LogP contribution >= 0.6 is 0 Å². The molecule has 1 aliphatic heterocycles. The van der Waals surface area contributed by atoms with Crippen molar-refractivity contribution in [3.63, 3.8) is 0 Å². The van der Waals surface area contributed by atoms with Gasteiger partial charge in [0.05, 0.1) is 6.10 Å². The van der Waals surface area contributed by atoms with E-state index in [9.17, 15) is 22.8 Å². The Morgan fingerprint density at radius 1 is 1.21 bits per heavy atom. The molecule has 0 radical (unpaired) electrons. The van der Waals surface area contributed by atoms with Gasteiger partial charge in [-0.15, -0.1) is 0 Å². The fraction of sp³-hybridized carbons (Fsp3) is 0.895. The van der Waals surface area contributed by atoms with Crippen LogP contribution in [0.1, 0.15) is 40.0 Å². The second-order valence-corrected chi connectivity index (χ2v) is 8.94. The highest BCUT2D eigenvalue weighted by molar-refractivity contribution is 5.91. The van der Waals surface area contributed by atoms with Crippen molar-refractivity contribution >= 4 is 11.8 Å². The monoisotopic (exact) mass is 405 g/mol. The van der Waals surface area contributed by atoms with Gasteiger partial charge in [-0.25, -0.2) is 0 Å². The number of alkyl halides is 3. The first-order valence-electron chi connectivity index (χ1n) is 9.85. The van der Waals surface area contributed by atoms with E-state index in [1.165, 1.54) is 25.9 Å². The molecule has 0 bridgehead atoms. The number of carbonyl (C=O) groups is 2. The molecule has 5 unspecified atom stereocenters. The lowest BCUT2D eigenvalue weighted by molar-refractivity contribution is -0.317. The molecule has 2 N–H and O–H groups in total. The van der Waals surface area contributed by atoms with Crippen molar-refractivity contribution in [1.82, 2.24) is 15.5 Å². The zero-order valence-electron chi connectivity index (χ0n) is 17.0. The fourth-order valence-corrected chi connectivity index (χ4v) is 5.09. The molecule has 9 heteroatoms. The van der Waals surface area contributed by atoms with Crippen molar-refractivity contribution in [2.45, 2.75) is 70.0 Å². The van der Waals surface area contributed by atoms with Crippen molar-refractivity contribution in [3.8, 4) is 0 Å². The zero-order chi connectivity index (χ0) is 21.1. The molecule has 28 heavy (non-hydrogen) atoms. The molecule has 0 aromatic rings. The number of halogens is 3. The molecular weight excluding hydrogens is 375 g/mol. The molecule has 0 aromatic carbocycles. The Bertz CT molecular complexity index is 648. The van der Waals surface area contributed by atoms with Crippen LogP contribution in [0.3, 0.4) is 0 Å². The number of nitrogens with zero attached hydrogens (tertiary/aromatic N) is 1. The van der Waals surface area contributed by atoms with Crippen LogP contribution in [0.4, 0.5) is 13.2 Å². The number of ether oxygens (including phenoxy) is 1. The minimum atomic E-state index is -4.47. The highest BCUT2D eigenvalue weighted by atomic mass is 19.4. The van der Waals surface area contributed by atoms with E-state index in [1.54, 1.807) is 0 Å². The van der Waals surface area contributed by atoms with Crippen LogP contribution in [0.5, 0.6) is 0 Å². The average Bonchev–Trinajstić information content (AvgIpc) is 2.94. The summed E-state index contributed by atoms with van der Waals surface area (Å²) >= 11 is 0. The average molecular weight is 405 g/mol. The van der Waals surface area contributed by atoms with Crippen LogP contribution in [-0.2, 0) is 14.3 Å². The zero-order valence-corrected chi connectivity index (χ0v) is 17.0. The van der Waals surface area contributed by atoms with E-state index in [-0.39, 0.29) is 41.9 Å². The highest BCUT2D eigenvalue weighted by Crippen LogP contribution is 2.65. The molecule has 1 heterocycles. The van der Waals surface area contributed by atoms with Gasteiger partial charge in [0.1, 0.15) is 12.1 Å². The molecule has 1 saturated heterocycles. The molecule has 0 spiro atoms. The maximum atomic E-state index is 13.4. The minimum Gasteiger partial charge on any atom is -0.360 e. The van der Waals surface area contributed by atoms with Gasteiger partial charge in [-0.2, -0.15) is 13.2 Å². The molecule has 160 valence electrons. The van der Waals surface area contributed by atoms with Gasteiger partial charge in [0, 0.05) is 13.6 Å². The summed E-state index contributed by atoms with van der Waals surface area (Å²) in [6.07, 6.45) is -5.17. The SMILES string of the molecule is CNC(=O)C1C2C(CN1C(=O)C(NC)C(C)OC1(C(F)(F)F)CCC1)C2(C)C. The summed E-state index contributed by atoms with van der Waals surface area (Å²) < 4.78 is 45.8. The van der Waals surface area contributed by atoms with Crippen molar-refractivity contribution in [1.29, 1.82) is 0 Å². The normalized spacial score (nSPS) is 32.1. The summed E-state index contributed by atoms with van der Waals surface area (Å²) in [6, 6.07) is -1.55. The lowest BCUT2D eigenvalue weighted by Crippen LogP contribution is -2.61. The maximum absolute atomic E-state index is 13.4. The minimum absolute atomic E-state index is 0.0164. The second-order valence-electron chi connectivity index (χ2n) is 8.94. The van der Waals surface area contributed by atoms with Crippen LogP contribution in [0.25, 0.3) is 0 Å². The number of piperidine rings is 1. The molecule has 2 amide bonds. The third kappa shape index (κ3) is 3.10. The first-order valence-corrected chi connectivity index (χ1v) is 9.85. The molecular formula is C19H30F3N3O3. The number of fused-ring (bicyclic) bond motifs is 1. The maximum Gasteiger partial charge on any atom is 0.417 e. The lowest BCUT2D eigenvalue weighted by Gasteiger charge is -2.45. The van der Waals surface area contributed by atoms with E-state index >= 15 is 0 Å². The number of amides is 2. The number of hydrogen-bond acceptors (Lipinski definition) is 4. The Morgan fingerprint density at radius 3 is 2.25 bits per heavy atom. The lowest BCUT2D eigenvalue weighted by atomic mass is 9.79. The smallest absolute Gasteiger partial charge is 0.360 e. The third-order valence-corrected chi connectivity index (χ3v) is 7.14. The third-order valence-electron chi connectivity index (χ3n) is 7.14. The van der Waals surface area contributed by atoms with Crippen LogP contribution in [0, 0.1) is 17.3 Å². The summed E-state index contributed by atoms with van der Waals surface area (Å²) in [7, 11) is 3.05. The summed E-state index contributed by atoms with van der Waals surface area (Å²) in [6.45, 7) is 6.07. The number of likely N-dealkylation sites (N-methyl/N-ethyl adjacent to an activating group) is 2. The largest absolute Gasteiger partial charge is 0.417 e. The fourth-order valence-electron chi connectivity index (χ4n) is 5.09. The van der Waals surface area contributed by atoms with E-state index < -0.39 is 30.0 Å². The van der Waals surface area contributed by atoms with Gasteiger partial charge in [-0.1, -0.05) is 13.8 Å². The summed E-state index contributed by atoms with van der Waals surface area (Å²) in [5.41, 5.74) is -2.19. The number of carbonyl (C=O) groups excluding carboxylic acids is 2. The van der Waals surface area contributed by atoms with Crippen molar-refractivity contribution in [2.24, 2.45) is 17.3 Å². The van der Waals surface area contributed by atoms with Gasteiger partial charge in [0.15, 0.2) is 5.60 Å². The van der Waals surface area contributed by atoms with Crippen molar-refractivity contribution in [3.05, 3.63) is 0 Å². The first kappa shape index (κ1) is 21.4. The first-order chi connectivity index (χ1) is 12.9. The standard InChI is InChI=1S/C19H30F3N3O3/c1-10(28-18(7-6-8-18)19(20,21)22)13(23-4)16(27)25-9-11-12(17(11,2)3)14(25)15(26)24-5/h10-14,23H,6-9H2,1-5H3,(H,24,26). The number of nitrogens with one attached hydrogen (secondary N) is 2. The van der Waals surface area contributed by atoms with Gasteiger partial charge in [-0.3, -0.25) is 9.59 Å². The number of rotatable bonds is 6. The van der Waals surface area contributed by atoms with E-state index in [1.807, 2.05) is 0 Å². The van der Waals surface area contributed by atoms with E-state index in [0.717, 1.165) is 0 Å². The molecule has 3 fully saturated rings. The van der Waals surface area contributed by atoms with E-state index in [2.05, 4.69) is 24.5 Å². The van der Waals surface area contributed by atoms with E-state index in [0.29, 0.717) is 13.0 Å². The number of likely N-dealkylation sites (tertiary alicyclic amines) is 1. The van der Waals surface area contributed by atoms with Gasteiger partial charge >= 0.3 is 6.18 Å². The van der Waals surface area contributed by atoms with Crippen LogP contribution in [-0.4, -0.2) is 67.3 Å². The predicted octanol–water partition coefficient (Wildman–Crippen LogP) is 1.69. The van der Waals surface area contributed by atoms with Crippen LogP contribution in [0.2, 0.25) is 0 Å². The molecule has 0 aromatic heterocycles. The van der Waals surface area contributed by atoms with E-state index in [4.69, 9.17) is 4.74 Å². The van der Waals surface area contributed by atoms with Crippen LogP contribution < -0.4 is 10.6 Å². The topological polar surface area (TPSA) is 70.7 Å². The Balaban J connectivity index is 1.75. The Labute approximate surface area is 163 Å². The molecule has 2 aliphatic carbocycles. The van der Waals surface area contributed by atoms with Gasteiger partial charge < -0.3 is 20.3 Å². The number of hydrogen-bond donors (Lipinski definition) is 2. The molecule has 3 aliphatic rings. The van der Waals surface area contributed by atoms with Crippen molar-refractivity contribution < 1.29 is 27.5 Å². The summed E-state index contributed by atoms with van der Waals surface area (Å²) in [5.74, 6) is -0.331. The Hall–Kier alpha value is -1.35. The second kappa shape index (κ2) is 6.86. The van der Waals surface area contributed by atoms with Gasteiger partial charge in [-0.05, 0) is 50.5 Å². The van der Waals surface area contributed by atoms with Gasteiger partial charge in [0.2, 0.25) is 11.8 Å². The van der Waals surface area contributed by atoms with Crippen molar-refractivity contribution in [2.75, 3.05) is 20.6 Å². The molecule has 3 rings (SSSR count). The molecule has 5 atom stereocenters. The van der Waals surface area contributed by atoms with Gasteiger partial charge in [0.25, 0.3) is 0 Å². The van der Waals surface area contributed by atoms with Crippen LogP contribution in [0.15, 0.2) is 0 Å². The quantitative estimate of drug-likeness (QED) is 0.706. The Morgan fingerprint density at radius 2 is 1.82 bits per heavy atom. The predicted molar refractivity (Wildman–Crippen MR) is 96.4 cm³/mol. The Kier molecular flexibility index (Phi) is 5.24.